The highest BCUT2D eigenvalue weighted by Gasteiger charge is 2.39. The molecule has 1 fully saturated rings. The lowest BCUT2D eigenvalue weighted by Crippen LogP contribution is -2.45. The Morgan fingerprint density at radius 2 is 1.80 bits per heavy atom. The van der Waals surface area contributed by atoms with E-state index in [9.17, 15) is 19.5 Å². The van der Waals surface area contributed by atoms with Gasteiger partial charge in [0.05, 0.1) is 30.8 Å². The molecule has 3 amide bonds. The van der Waals surface area contributed by atoms with Gasteiger partial charge in [-0.1, -0.05) is 12.1 Å². The molecule has 0 saturated carbocycles. The number of nitrogens with zero attached hydrogens (tertiary/aromatic N) is 5. The molecule has 45 heavy (non-hydrogen) atoms. The molecule has 2 aromatic carbocycles. The molecule has 234 valence electrons. The van der Waals surface area contributed by atoms with Crippen LogP contribution in [-0.2, 0) is 35.7 Å². The number of likely N-dealkylation sites (N-methyl/N-ethyl adjacent to an activating group) is 1. The third-order valence-electron chi connectivity index (χ3n) is 8.73. The zero-order valence-electron chi connectivity index (χ0n) is 25.6. The first-order chi connectivity index (χ1) is 21.9. The standard InChI is InChI=1S/C34H37N5O6/c1-3-36(20-27-30(40)10-7-15-35-27)32(41)22-45-24-11-12-28-29(18-24)37(4-2)31(38(28)19-23-13-16-44-17-14-23)21-39-33(42)25-8-5-6-9-26(25)34(39)43/h5-12,15,18,23H,3-4,13-14,16-17,19-22H2,1-2H3/p+1. The van der Waals surface area contributed by atoms with E-state index in [1.807, 2.05) is 32.0 Å². The van der Waals surface area contributed by atoms with Crippen molar-refractivity contribution in [3.63, 3.8) is 0 Å². The molecular weight excluding hydrogens is 574 g/mol. The van der Waals surface area contributed by atoms with E-state index in [0.717, 1.165) is 36.2 Å². The van der Waals surface area contributed by atoms with Crippen LogP contribution in [0.2, 0.25) is 0 Å². The van der Waals surface area contributed by atoms with Gasteiger partial charge in [-0.2, -0.15) is 0 Å². The summed E-state index contributed by atoms with van der Waals surface area (Å²) >= 11 is 0. The average Bonchev–Trinajstić information content (AvgIpc) is 3.49. The van der Waals surface area contributed by atoms with Crippen LogP contribution < -0.4 is 9.30 Å². The smallest absolute Gasteiger partial charge is 0.277 e. The fourth-order valence-electron chi connectivity index (χ4n) is 6.24. The number of aryl methyl sites for hydroxylation is 1. The quantitative estimate of drug-likeness (QED) is 0.203. The second kappa shape index (κ2) is 13.1. The zero-order chi connectivity index (χ0) is 31.5. The molecule has 11 heteroatoms. The topological polar surface area (TPSA) is 118 Å². The Morgan fingerprint density at radius 1 is 1.07 bits per heavy atom. The van der Waals surface area contributed by atoms with Gasteiger partial charge in [0.2, 0.25) is 0 Å². The van der Waals surface area contributed by atoms with Crippen LogP contribution in [0.25, 0.3) is 11.0 Å². The van der Waals surface area contributed by atoms with Crippen molar-refractivity contribution < 1.29 is 33.5 Å². The second-order valence-corrected chi connectivity index (χ2v) is 11.4. The first-order valence-corrected chi connectivity index (χ1v) is 15.5. The van der Waals surface area contributed by atoms with Crippen molar-refractivity contribution >= 4 is 28.8 Å². The van der Waals surface area contributed by atoms with Gasteiger partial charge in [-0.25, -0.2) is 9.13 Å². The Labute approximate surface area is 261 Å². The van der Waals surface area contributed by atoms with Crippen LogP contribution in [0.5, 0.6) is 11.5 Å². The number of carbonyl (C=O) groups excluding carboxylic acids is 3. The van der Waals surface area contributed by atoms with Crippen LogP contribution in [0.3, 0.4) is 0 Å². The molecule has 0 spiro atoms. The van der Waals surface area contributed by atoms with E-state index in [1.54, 1.807) is 47.5 Å². The monoisotopic (exact) mass is 612 g/mol. The summed E-state index contributed by atoms with van der Waals surface area (Å²) in [6.07, 6.45) is 3.45. The summed E-state index contributed by atoms with van der Waals surface area (Å²) in [6, 6.07) is 15.9. The SMILES string of the molecule is CCN(Cc1ncccc1O)C(=O)COc1ccc2c(c1)n(CC)c(CN1C(=O)c3ccccc3C1=O)[n+]2CC1CCOCC1. The van der Waals surface area contributed by atoms with Crippen molar-refractivity contribution in [3.05, 3.63) is 83.4 Å². The minimum Gasteiger partial charge on any atom is -0.506 e. The highest BCUT2D eigenvalue weighted by Crippen LogP contribution is 2.28. The van der Waals surface area contributed by atoms with E-state index in [-0.39, 0.29) is 43.2 Å². The van der Waals surface area contributed by atoms with Crippen LogP contribution in [0.4, 0.5) is 0 Å². The summed E-state index contributed by atoms with van der Waals surface area (Å²) in [6.45, 7) is 7.24. The Hall–Kier alpha value is -4.77. The predicted octanol–water partition coefficient (Wildman–Crippen LogP) is 3.70. The molecule has 0 bridgehead atoms. The summed E-state index contributed by atoms with van der Waals surface area (Å²) in [4.78, 5) is 46.9. The van der Waals surface area contributed by atoms with Crippen molar-refractivity contribution in [2.45, 2.75) is 52.9 Å². The number of pyridine rings is 1. The maximum Gasteiger partial charge on any atom is 0.277 e. The number of rotatable bonds is 11. The molecule has 2 aliphatic rings. The third-order valence-corrected chi connectivity index (χ3v) is 8.73. The van der Waals surface area contributed by atoms with Crippen molar-refractivity contribution in [1.29, 1.82) is 0 Å². The second-order valence-electron chi connectivity index (χ2n) is 11.4. The minimum atomic E-state index is -0.289. The van der Waals surface area contributed by atoms with E-state index < -0.39 is 0 Å². The average molecular weight is 613 g/mol. The molecule has 1 N–H and O–H groups in total. The normalized spacial score (nSPS) is 15.1. The lowest BCUT2D eigenvalue weighted by Gasteiger charge is -2.21. The number of benzene rings is 2. The molecule has 0 aliphatic carbocycles. The van der Waals surface area contributed by atoms with Crippen LogP contribution in [0.15, 0.2) is 60.8 Å². The third kappa shape index (κ3) is 6.00. The summed E-state index contributed by atoms with van der Waals surface area (Å²) in [7, 11) is 0. The highest BCUT2D eigenvalue weighted by atomic mass is 16.5. The maximum absolute atomic E-state index is 13.3. The lowest BCUT2D eigenvalue weighted by molar-refractivity contribution is -0.687. The van der Waals surface area contributed by atoms with Gasteiger partial charge >= 0.3 is 0 Å². The first-order valence-electron chi connectivity index (χ1n) is 15.5. The van der Waals surface area contributed by atoms with E-state index >= 15 is 0 Å². The van der Waals surface area contributed by atoms with E-state index in [1.165, 1.54) is 4.90 Å². The molecule has 4 heterocycles. The number of imidazole rings is 1. The number of fused-ring (bicyclic) bond motifs is 2. The molecule has 1 saturated heterocycles. The number of amides is 3. The Balaban J connectivity index is 1.28. The Bertz CT molecular complexity index is 1710. The molecule has 0 unspecified atom stereocenters. The number of imide groups is 1. The summed E-state index contributed by atoms with van der Waals surface area (Å²) in [5, 5.41) is 10.1. The van der Waals surface area contributed by atoms with Gasteiger partial charge in [-0.05, 0) is 63.1 Å². The van der Waals surface area contributed by atoms with Gasteiger partial charge in [0.15, 0.2) is 17.6 Å². The first kappa shape index (κ1) is 30.3. The van der Waals surface area contributed by atoms with Gasteiger partial charge in [0.25, 0.3) is 23.5 Å². The molecular formula is C34H38N5O6+. The molecule has 2 aliphatic heterocycles. The van der Waals surface area contributed by atoms with Gasteiger partial charge in [0.1, 0.15) is 23.7 Å². The van der Waals surface area contributed by atoms with Crippen LogP contribution >= 0.6 is 0 Å². The van der Waals surface area contributed by atoms with Gasteiger partial charge in [0, 0.05) is 37.9 Å². The maximum atomic E-state index is 13.3. The predicted molar refractivity (Wildman–Crippen MR) is 164 cm³/mol. The Morgan fingerprint density at radius 3 is 2.47 bits per heavy atom. The fraction of sp³-hybridized carbons (Fsp3) is 0.382. The number of aromatic nitrogens is 3. The van der Waals surface area contributed by atoms with E-state index in [2.05, 4.69) is 14.1 Å². The minimum absolute atomic E-state index is 0.0431. The van der Waals surface area contributed by atoms with E-state index in [0.29, 0.717) is 54.8 Å². The Kier molecular flexibility index (Phi) is 8.79. The number of carbonyl (C=O) groups is 3. The van der Waals surface area contributed by atoms with Gasteiger partial charge < -0.3 is 19.5 Å². The van der Waals surface area contributed by atoms with Crippen LogP contribution in [-0.4, -0.2) is 68.5 Å². The molecule has 2 aromatic heterocycles. The zero-order valence-corrected chi connectivity index (χ0v) is 25.6. The molecule has 6 rings (SSSR count). The summed E-state index contributed by atoms with van der Waals surface area (Å²) < 4.78 is 16.0. The fourth-order valence-corrected chi connectivity index (χ4v) is 6.24. The lowest BCUT2D eigenvalue weighted by atomic mass is 10.0. The summed E-state index contributed by atoms with van der Waals surface area (Å²) in [5.41, 5.74) is 3.14. The van der Waals surface area contributed by atoms with Gasteiger partial charge in [-0.15, -0.1) is 0 Å². The molecule has 0 atom stereocenters. The number of hydrogen-bond donors (Lipinski definition) is 1. The number of hydrogen-bond acceptors (Lipinski definition) is 7. The highest BCUT2D eigenvalue weighted by molar-refractivity contribution is 6.21. The van der Waals surface area contributed by atoms with Crippen molar-refractivity contribution in [3.8, 4) is 11.5 Å². The largest absolute Gasteiger partial charge is 0.506 e. The number of aromatic hydroxyl groups is 1. The summed E-state index contributed by atoms with van der Waals surface area (Å²) in [5.74, 6) is 1.02. The van der Waals surface area contributed by atoms with Gasteiger partial charge in [-0.3, -0.25) is 24.3 Å². The molecule has 11 nitrogen and oxygen atoms in total. The number of ether oxygens (including phenoxy) is 2. The molecule has 4 aromatic rings. The van der Waals surface area contributed by atoms with Crippen LogP contribution in [0, 0.1) is 5.92 Å². The van der Waals surface area contributed by atoms with Crippen molar-refractivity contribution in [2.75, 3.05) is 26.4 Å². The van der Waals surface area contributed by atoms with Crippen molar-refractivity contribution in [1.82, 2.24) is 19.4 Å². The van der Waals surface area contributed by atoms with Crippen molar-refractivity contribution in [2.24, 2.45) is 5.92 Å². The molecule has 0 radical (unpaired) electrons. The van der Waals surface area contributed by atoms with Crippen LogP contribution in [0.1, 0.15) is 58.9 Å². The van der Waals surface area contributed by atoms with E-state index in [4.69, 9.17) is 9.47 Å².